The molecular weight excluding hydrogens is 234 g/mol. The van der Waals surface area contributed by atoms with Gasteiger partial charge in [-0.2, -0.15) is 0 Å². The highest BCUT2D eigenvalue weighted by Crippen LogP contribution is 2.18. The molecule has 0 atom stereocenters. The maximum atomic E-state index is 5.31. The molecule has 0 aromatic carbocycles. The molecule has 0 spiro atoms. The average Bonchev–Trinajstić information content (AvgIpc) is 2.91. The molecule has 1 aromatic heterocycles. The molecule has 1 aliphatic rings. The minimum atomic E-state index is 0.504. The first-order valence-corrected chi connectivity index (χ1v) is 8.02. The van der Waals surface area contributed by atoms with Crippen molar-refractivity contribution in [2.45, 2.75) is 76.7 Å². The van der Waals surface area contributed by atoms with E-state index >= 15 is 0 Å². The van der Waals surface area contributed by atoms with Crippen molar-refractivity contribution in [3.8, 4) is 0 Å². The van der Waals surface area contributed by atoms with Gasteiger partial charge >= 0.3 is 0 Å². The van der Waals surface area contributed by atoms with Gasteiger partial charge in [0.1, 0.15) is 5.76 Å². The molecule has 0 N–H and O–H groups in total. The number of aliphatic imine (C=N–C) groups is 1. The monoisotopic (exact) mass is 261 g/mol. The van der Waals surface area contributed by atoms with E-state index in [0.717, 1.165) is 5.76 Å². The lowest BCUT2D eigenvalue weighted by Crippen LogP contribution is -2.05. The van der Waals surface area contributed by atoms with Gasteiger partial charge in [0, 0.05) is 0 Å². The number of hydrogen-bond donors (Lipinski definition) is 0. The highest BCUT2D eigenvalue weighted by Gasteiger charge is 2.07. The van der Waals surface area contributed by atoms with Crippen LogP contribution in [0.15, 0.2) is 27.8 Å². The summed E-state index contributed by atoms with van der Waals surface area (Å²) in [6.07, 6.45) is 18.7. The molecular formula is C17H27NO. The van der Waals surface area contributed by atoms with Crippen molar-refractivity contribution in [1.82, 2.24) is 0 Å². The lowest BCUT2D eigenvalue weighted by Gasteiger charge is -2.13. The third kappa shape index (κ3) is 6.09. The lowest BCUT2D eigenvalue weighted by molar-refractivity contribution is 0.466. The van der Waals surface area contributed by atoms with Crippen LogP contribution < -0.4 is 0 Å². The molecule has 0 bridgehead atoms. The van der Waals surface area contributed by atoms with Gasteiger partial charge in [0.25, 0.3) is 0 Å². The Morgan fingerprint density at radius 2 is 1.47 bits per heavy atom. The van der Waals surface area contributed by atoms with Crippen LogP contribution in [0.2, 0.25) is 0 Å². The Morgan fingerprint density at radius 3 is 2.00 bits per heavy atom. The quantitative estimate of drug-likeness (QED) is 0.657. The second-order valence-electron chi connectivity index (χ2n) is 5.71. The first-order chi connectivity index (χ1) is 9.45. The summed E-state index contributed by atoms with van der Waals surface area (Å²) in [6, 6.07) is 4.39. The molecule has 0 saturated heterocycles. The fourth-order valence-electron chi connectivity index (χ4n) is 2.83. The van der Waals surface area contributed by atoms with Gasteiger partial charge in [-0.1, -0.05) is 57.8 Å². The molecule has 106 valence electrons. The molecule has 0 aliphatic heterocycles. The Kier molecular flexibility index (Phi) is 6.76. The van der Waals surface area contributed by atoms with E-state index in [1.807, 2.05) is 18.3 Å². The summed E-state index contributed by atoms with van der Waals surface area (Å²) in [5.74, 6) is 0.881. The molecule has 19 heavy (non-hydrogen) atoms. The molecule has 1 heterocycles. The minimum absolute atomic E-state index is 0.504. The van der Waals surface area contributed by atoms with Gasteiger partial charge < -0.3 is 4.42 Å². The van der Waals surface area contributed by atoms with E-state index in [0.29, 0.717) is 6.04 Å². The van der Waals surface area contributed by atoms with Crippen molar-refractivity contribution < 1.29 is 4.42 Å². The van der Waals surface area contributed by atoms with E-state index in [1.54, 1.807) is 6.26 Å². The average molecular weight is 261 g/mol. The number of hydrogen-bond acceptors (Lipinski definition) is 2. The third-order valence-corrected chi connectivity index (χ3v) is 4.03. The highest BCUT2D eigenvalue weighted by molar-refractivity contribution is 5.75. The zero-order chi connectivity index (χ0) is 13.2. The van der Waals surface area contributed by atoms with Crippen LogP contribution in [0.1, 0.15) is 76.4 Å². The van der Waals surface area contributed by atoms with Gasteiger partial charge in [0.15, 0.2) is 0 Å². The van der Waals surface area contributed by atoms with Crippen molar-refractivity contribution >= 4 is 6.21 Å². The molecule has 0 amide bonds. The molecule has 1 aliphatic carbocycles. The predicted molar refractivity (Wildman–Crippen MR) is 80.9 cm³/mol. The molecule has 1 saturated carbocycles. The molecule has 1 fully saturated rings. The third-order valence-electron chi connectivity index (χ3n) is 4.03. The Balaban J connectivity index is 1.80. The summed E-state index contributed by atoms with van der Waals surface area (Å²) in [5, 5.41) is 0. The molecule has 2 heteroatoms. The van der Waals surface area contributed by atoms with Gasteiger partial charge in [0.05, 0.1) is 18.5 Å². The van der Waals surface area contributed by atoms with Crippen molar-refractivity contribution in [2.24, 2.45) is 4.99 Å². The Morgan fingerprint density at radius 1 is 0.895 bits per heavy atom. The number of furan rings is 1. The van der Waals surface area contributed by atoms with Crippen molar-refractivity contribution in [1.29, 1.82) is 0 Å². The van der Waals surface area contributed by atoms with E-state index in [4.69, 9.17) is 9.41 Å². The SMILES string of the molecule is C(=NC1CCCCCCCCCCC1)c1ccco1. The normalized spacial score (nSPS) is 21.1. The van der Waals surface area contributed by atoms with Crippen LogP contribution in [-0.4, -0.2) is 12.3 Å². The smallest absolute Gasteiger partial charge is 0.144 e. The van der Waals surface area contributed by atoms with Crippen LogP contribution in [0.25, 0.3) is 0 Å². The molecule has 1 aromatic rings. The highest BCUT2D eigenvalue weighted by atomic mass is 16.3. The van der Waals surface area contributed by atoms with Crippen molar-refractivity contribution in [3.05, 3.63) is 24.2 Å². The molecule has 0 radical (unpaired) electrons. The zero-order valence-electron chi connectivity index (χ0n) is 12.0. The van der Waals surface area contributed by atoms with E-state index in [9.17, 15) is 0 Å². The predicted octanol–water partition coefficient (Wildman–Crippen LogP) is 5.37. The second-order valence-corrected chi connectivity index (χ2v) is 5.71. The second kappa shape index (κ2) is 8.95. The molecule has 2 nitrogen and oxygen atoms in total. The van der Waals surface area contributed by atoms with Crippen molar-refractivity contribution in [2.75, 3.05) is 0 Å². The van der Waals surface area contributed by atoms with E-state index in [1.165, 1.54) is 70.6 Å². The van der Waals surface area contributed by atoms with Crippen LogP contribution in [0.4, 0.5) is 0 Å². The largest absolute Gasteiger partial charge is 0.463 e. The molecule has 0 unspecified atom stereocenters. The van der Waals surface area contributed by atoms with Gasteiger partial charge in [-0.3, -0.25) is 4.99 Å². The van der Waals surface area contributed by atoms with Crippen LogP contribution in [-0.2, 0) is 0 Å². The van der Waals surface area contributed by atoms with Gasteiger partial charge in [-0.05, 0) is 25.0 Å². The zero-order valence-corrected chi connectivity index (χ0v) is 12.0. The Bertz CT molecular complexity index is 330. The first kappa shape index (κ1) is 14.4. The number of nitrogens with zero attached hydrogens (tertiary/aromatic N) is 1. The first-order valence-electron chi connectivity index (χ1n) is 8.02. The standard InChI is InChI=1S/C17H27NO/c1-2-4-6-8-11-16(12-9-7-5-3-1)18-15-17-13-10-14-19-17/h10,13-16H,1-9,11-12H2. The Hall–Kier alpha value is -1.05. The fourth-order valence-corrected chi connectivity index (χ4v) is 2.83. The minimum Gasteiger partial charge on any atom is -0.463 e. The summed E-state index contributed by atoms with van der Waals surface area (Å²) in [7, 11) is 0. The Labute approximate surface area is 117 Å². The van der Waals surface area contributed by atoms with Crippen molar-refractivity contribution in [3.63, 3.8) is 0 Å². The van der Waals surface area contributed by atoms with Crippen LogP contribution in [0.5, 0.6) is 0 Å². The van der Waals surface area contributed by atoms with Gasteiger partial charge in [-0.15, -0.1) is 0 Å². The summed E-state index contributed by atoms with van der Waals surface area (Å²) in [4.78, 5) is 4.73. The maximum absolute atomic E-state index is 5.31. The van der Waals surface area contributed by atoms with Crippen LogP contribution in [0, 0.1) is 0 Å². The molecule has 2 rings (SSSR count). The topological polar surface area (TPSA) is 25.5 Å². The summed E-state index contributed by atoms with van der Waals surface area (Å²) in [5.41, 5.74) is 0. The van der Waals surface area contributed by atoms with E-state index in [-0.39, 0.29) is 0 Å². The fraction of sp³-hybridized carbons (Fsp3) is 0.706. The summed E-state index contributed by atoms with van der Waals surface area (Å²) < 4.78 is 5.31. The van der Waals surface area contributed by atoms with Crippen LogP contribution >= 0.6 is 0 Å². The van der Waals surface area contributed by atoms with E-state index in [2.05, 4.69) is 0 Å². The maximum Gasteiger partial charge on any atom is 0.144 e. The lowest BCUT2D eigenvalue weighted by atomic mass is 9.98. The number of rotatable bonds is 2. The van der Waals surface area contributed by atoms with Gasteiger partial charge in [0.2, 0.25) is 0 Å². The van der Waals surface area contributed by atoms with Gasteiger partial charge in [-0.25, -0.2) is 0 Å². The van der Waals surface area contributed by atoms with Crippen LogP contribution in [0.3, 0.4) is 0 Å². The summed E-state index contributed by atoms with van der Waals surface area (Å²) >= 11 is 0. The summed E-state index contributed by atoms with van der Waals surface area (Å²) in [6.45, 7) is 0. The van der Waals surface area contributed by atoms with E-state index < -0.39 is 0 Å².